The molecule has 0 aromatic carbocycles. The molecule has 2 heterocycles. The number of carboxylic acid groups (broad SMARTS) is 1. The first-order valence-electron chi connectivity index (χ1n) is 5.32. The number of nitrogens with zero attached hydrogens (tertiary/aromatic N) is 2. The van der Waals surface area contributed by atoms with E-state index in [1.807, 2.05) is 0 Å². The molecule has 2 rings (SSSR count). The molecule has 0 aliphatic carbocycles. The van der Waals surface area contributed by atoms with E-state index < -0.39 is 16.8 Å². The molecule has 0 saturated heterocycles. The maximum absolute atomic E-state index is 11.8. The second kappa shape index (κ2) is 5.18. The summed E-state index contributed by atoms with van der Waals surface area (Å²) < 4.78 is 0. The summed E-state index contributed by atoms with van der Waals surface area (Å²) in [5.41, 5.74) is -0.374. The Kier molecular flexibility index (Phi) is 3.42. The molecule has 0 bridgehead atoms. The number of pyridine rings is 1. The number of amides is 1. The van der Waals surface area contributed by atoms with Crippen LogP contribution in [0.25, 0.3) is 0 Å². The average Bonchev–Trinajstić information content (AvgIpc) is 2.89. The van der Waals surface area contributed by atoms with Gasteiger partial charge in [0, 0.05) is 12.3 Å². The lowest BCUT2D eigenvalue weighted by Crippen LogP contribution is -2.16. The zero-order valence-electron chi connectivity index (χ0n) is 9.86. The summed E-state index contributed by atoms with van der Waals surface area (Å²) >= 11 is 0. The van der Waals surface area contributed by atoms with Crippen molar-refractivity contribution in [1.82, 2.24) is 9.97 Å². The molecule has 9 nitrogen and oxygen atoms in total. The van der Waals surface area contributed by atoms with Gasteiger partial charge in [-0.3, -0.25) is 4.79 Å². The highest BCUT2D eigenvalue weighted by Gasteiger charge is 2.18. The Hall–Kier alpha value is -3.23. The smallest absolute Gasteiger partial charge is 0.356 e. The molecule has 0 aliphatic heterocycles. The van der Waals surface area contributed by atoms with Gasteiger partial charge in [-0.15, -0.1) is 0 Å². The topological polar surface area (TPSA) is 138 Å². The first-order valence-corrected chi connectivity index (χ1v) is 5.32. The number of rotatable bonds is 4. The first-order chi connectivity index (χ1) is 9.49. The second-order valence-electron chi connectivity index (χ2n) is 3.67. The minimum atomic E-state index is -1.29. The molecule has 0 radical (unpaired) electrons. The fourth-order valence-corrected chi connectivity index (χ4v) is 1.49. The molecule has 0 unspecified atom stereocenters. The van der Waals surface area contributed by atoms with Crippen LogP contribution in [0, 0.1) is 10.1 Å². The molecule has 2 aromatic rings. The van der Waals surface area contributed by atoms with Crippen molar-refractivity contribution in [3.05, 3.63) is 52.0 Å². The van der Waals surface area contributed by atoms with E-state index in [1.54, 1.807) is 0 Å². The van der Waals surface area contributed by atoms with Gasteiger partial charge in [-0.2, -0.15) is 0 Å². The minimum absolute atomic E-state index is 0.00209. The number of hydrogen-bond donors (Lipinski definition) is 3. The molecule has 0 spiro atoms. The van der Waals surface area contributed by atoms with E-state index in [0.29, 0.717) is 0 Å². The Labute approximate surface area is 111 Å². The van der Waals surface area contributed by atoms with Gasteiger partial charge >= 0.3 is 11.8 Å². The van der Waals surface area contributed by atoms with Crippen molar-refractivity contribution in [2.45, 2.75) is 0 Å². The van der Waals surface area contributed by atoms with E-state index in [2.05, 4.69) is 15.3 Å². The van der Waals surface area contributed by atoms with Crippen LogP contribution < -0.4 is 5.32 Å². The van der Waals surface area contributed by atoms with Crippen LogP contribution in [0.4, 0.5) is 11.5 Å². The monoisotopic (exact) mass is 276 g/mol. The molecule has 102 valence electrons. The number of H-pyrrole nitrogens is 1. The average molecular weight is 276 g/mol. The normalized spacial score (nSPS) is 10.0. The van der Waals surface area contributed by atoms with Crippen molar-refractivity contribution in [3.63, 3.8) is 0 Å². The van der Waals surface area contributed by atoms with Crippen LogP contribution in [0.2, 0.25) is 0 Å². The molecule has 0 aliphatic rings. The molecule has 9 heteroatoms. The standard InChI is InChI=1S/C11H8N4O5/c16-10(7-3-4-8(13-7)15(19)20)14-6-2-1-5-12-9(6)11(17)18/h1-5,13H,(H,14,16)(H,17,18). The molecule has 3 N–H and O–H groups in total. The number of carbonyl (C=O) groups is 2. The number of aromatic carboxylic acids is 1. The predicted molar refractivity (Wildman–Crippen MR) is 66.6 cm³/mol. The van der Waals surface area contributed by atoms with Gasteiger partial charge < -0.3 is 20.5 Å². The second-order valence-corrected chi connectivity index (χ2v) is 3.67. The van der Waals surface area contributed by atoms with Gasteiger partial charge in [0.2, 0.25) is 0 Å². The number of aromatic nitrogens is 2. The Morgan fingerprint density at radius 2 is 2.10 bits per heavy atom. The summed E-state index contributed by atoms with van der Waals surface area (Å²) in [5.74, 6) is -2.33. The van der Waals surface area contributed by atoms with E-state index in [0.717, 1.165) is 6.07 Å². The van der Waals surface area contributed by atoms with E-state index in [-0.39, 0.29) is 22.9 Å². The molecule has 0 atom stereocenters. The largest absolute Gasteiger partial charge is 0.476 e. The van der Waals surface area contributed by atoms with E-state index >= 15 is 0 Å². The molecular weight excluding hydrogens is 268 g/mol. The lowest BCUT2D eigenvalue weighted by molar-refractivity contribution is -0.389. The molecule has 1 amide bonds. The lowest BCUT2D eigenvalue weighted by atomic mass is 10.3. The first kappa shape index (κ1) is 13.2. The fourth-order valence-electron chi connectivity index (χ4n) is 1.49. The molecule has 0 saturated carbocycles. The summed E-state index contributed by atoms with van der Waals surface area (Å²) in [6.07, 6.45) is 1.28. The van der Waals surface area contributed by atoms with Gasteiger partial charge in [0.15, 0.2) is 11.4 Å². The Balaban J connectivity index is 2.23. The van der Waals surface area contributed by atoms with Crippen molar-refractivity contribution < 1.29 is 19.6 Å². The van der Waals surface area contributed by atoms with Crippen molar-refractivity contribution in [1.29, 1.82) is 0 Å². The predicted octanol–water partition coefficient (Wildman–Crippen LogP) is 1.27. The Bertz CT molecular complexity index is 694. The maximum Gasteiger partial charge on any atom is 0.356 e. The van der Waals surface area contributed by atoms with Gasteiger partial charge in [0.25, 0.3) is 5.91 Å². The number of aromatic amines is 1. The van der Waals surface area contributed by atoms with Crippen molar-refractivity contribution in [2.24, 2.45) is 0 Å². The fraction of sp³-hybridized carbons (Fsp3) is 0. The summed E-state index contributed by atoms with van der Waals surface area (Å²) in [6.45, 7) is 0. The number of nitro groups is 1. The zero-order valence-corrected chi connectivity index (χ0v) is 9.86. The number of hydrogen-bond acceptors (Lipinski definition) is 5. The summed E-state index contributed by atoms with van der Waals surface area (Å²) in [5, 5.41) is 21.7. The number of carboxylic acids is 1. The van der Waals surface area contributed by atoms with Crippen LogP contribution in [0.3, 0.4) is 0 Å². The van der Waals surface area contributed by atoms with E-state index in [4.69, 9.17) is 5.11 Å². The van der Waals surface area contributed by atoms with Crippen LogP contribution in [0.1, 0.15) is 21.0 Å². The summed E-state index contributed by atoms with van der Waals surface area (Å²) in [7, 11) is 0. The molecule has 20 heavy (non-hydrogen) atoms. The maximum atomic E-state index is 11.8. The van der Waals surface area contributed by atoms with Crippen LogP contribution in [0.15, 0.2) is 30.5 Å². The Morgan fingerprint density at radius 1 is 1.35 bits per heavy atom. The van der Waals surface area contributed by atoms with Crippen LogP contribution in [0.5, 0.6) is 0 Å². The quantitative estimate of drug-likeness (QED) is 0.567. The van der Waals surface area contributed by atoms with Crippen molar-refractivity contribution in [2.75, 3.05) is 5.32 Å². The highest BCUT2D eigenvalue weighted by Crippen LogP contribution is 2.15. The van der Waals surface area contributed by atoms with Crippen LogP contribution in [-0.4, -0.2) is 31.9 Å². The van der Waals surface area contributed by atoms with Gasteiger partial charge in [-0.1, -0.05) is 0 Å². The zero-order chi connectivity index (χ0) is 14.7. The van der Waals surface area contributed by atoms with Crippen LogP contribution >= 0.6 is 0 Å². The third kappa shape index (κ3) is 2.61. The molecular formula is C11H8N4O5. The minimum Gasteiger partial charge on any atom is -0.476 e. The van der Waals surface area contributed by atoms with Gasteiger partial charge in [0.1, 0.15) is 0 Å². The third-order valence-corrected chi connectivity index (χ3v) is 2.37. The highest BCUT2D eigenvalue weighted by molar-refractivity contribution is 6.06. The van der Waals surface area contributed by atoms with Gasteiger partial charge in [-0.25, -0.2) is 14.8 Å². The number of nitrogens with one attached hydrogen (secondary N) is 2. The van der Waals surface area contributed by atoms with Gasteiger partial charge in [0.05, 0.1) is 5.69 Å². The Morgan fingerprint density at radius 3 is 2.70 bits per heavy atom. The van der Waals surface area contributed by atoms with E-state index in [9.17, 15) is 19.7 Å². The summed E-state index contributed by atoms with van der Waals surface area (Å²) in [6, 6.07) is 5.19. The highest BCUT2D eigenvalue weighted by atomic mass is 16.6. The number of anilines is 1. The van der Waals surface area contributed by atoms with Crippen molar-refractivity contribution >= 4 is 23.4 Å². The molecule has 0 fully saturated rings. The van der Waals surface area contributed by atoms with Crippen molar-refractivity contribution in [3.8, 4) is 0 Å². The van der Waals surface area contributed by atoms with Crippen LogP contribution in [-0.2, 0) is 0 Å². The lowest BCUT2D eigenvalue weighted by Gasteiger charge is -2.04. The molecule has 2 aromatic heterocycles. The van der Waals surface area contributed by atoms with E-state index in [1.165, 1.54) is 24.4 Å². The number of carbonyl (C=O) groups excluding carboxylic acids is 1. The third-order valence-electron chi connectivity index (χ3n) is 2.37. The summed E-state index contributed by atoms with van der Waals surface area (Å²) in [4.78, 5) is 38.5. The SMILES string of the molecule is O=C(Nc1cccnc1C(=O)O)c1ccc([N+](=O)[O-])[nH]1. The van der Waals surface area contributed by atoms with Gasteiger partial charge in [-0.05, 0) is 23.1 Å².